The number of guanidine groups is 1. The van der Waals surface area contributed by atoms with E-state index in [2.05, 4.69) is 27.6 Å². The van der Waals surface area contributed by atoms with Gasteiger partial charge < -0.3 is 20.3 Å². The zero-order valence-corrected chi connectivity index (χ0v) is 13.5. The van der Waals surface area contributed by atoms with Crippen molar-refractivity contribution in [1.29, 1.82) is 0 Å². The summed E-state index contributed by atoms with van der Waals surface area (Å²) in [5.74, 6) is 0.513. The predicted octanol–water partition coefficient (Wildman–Crippen LogP) is 1.13. The molecule has 0 radical (unpaired) electrons. The van der Waals surface area contributed by atoms with Gasteiger partial charge in [0.25, 0.3) is 0 Å². The Labute approximate surface area is 131 Å². The van der Waals surface area contributed by atoms with Crippen LogP contribution in [0.2, 0.25) is 0 Å². The molecule has 1 unspecified atom stereocenters. The van der Waals surface area contributed by atoms with E-state index in [-0.39, 0.29) is 11.9 Å². The third-order valence-electron chi connectivity index (χ3n) is 3.76. The van der Waals surface area contributed by atoms with Crippen molar-refractivity contribution in [3.8, 4) is 0 Å². The van der Waals surface area contributed by atoms with Gasteiger partial charge in [-0.3, -0.25) is 4.99 Å². The Hall–Kier alpha value is -1.66. The first-order chi connectivity index (χ1) is 10.6. The lowest BCUT2D eigenvalue weighted by molar-refractivity contribution is -0.0161. The highest BCUT2D eigenvalue weighted by atomic mass is 19.1. The van der Waals surface area contributed by atoms with E-state index in [1.807, 2.05) is 6.07 Å². The molecule has 1 aliphatic rings. The van der Waals surface area contributed by atoms with Gasteiger partial charge >= 0.3 is 0 Å². The maximum absolute atomic E-state index is 13.5. The molecule has 1 aromatic rings. The molecular weight excluding hydrogens is 283 g/mol. The Morgan fingerprint density at radius 1 is 1.45 bits per heavy atom. The molecule has 0 saturated carbocycles. The van der Waals surface area contributed by atoms with Crippen molar-refractivity contribution in [1.82, 2.24) is 15.5 Å². The highest BCUT2D eigenvalue weighted by Gasteiger charge is 2.17. The number of halogens is 1. The largest absolute Gasteiger partial charge is 0.374 e. The average molecular weight is 308 g/mol. The highest BCUT2D eigenvalue weighted by Crippen LogP contribution is 2.08. The second-order valence-corrected chi connectivity index (χ2v) is 5.65. The van der Waals surface area contributed by atoms with Crippen LogP contribution in [0.3, 0.4) is 0 Å². The van der Waals surface area contributed by atoms with Crippen LogP contribution in [0.4, 0.5) is 4.39 Å². The summed E-state index contributed by atoms with van der Waals surface area (Å²) >= 11 is 0. The lowest BCUT2D eigenvalue weighted by Crippen LogP contribution is -2.48. The van der Waals surface area contributed by atoms with Gasteiger partial charge in [0.2, 0.25) is 0 Å². The van der Waals surface area contributed by atoms with Gasteiger partial charge in [-0.05, 0) is 31.2 Å². The molecule has 1 aliphatic heterocycles. The van der Waals surface area contributed by atoms with E-state index in [1.165, 1.54) is 0 Å². The Bertz CT molecular complexity index is 521. The van der Waals surface area contributed by atoms with Crippen LogP contribution < -0.4 is 10.6 Å². The zero-order valence-electron chi connectivity index (χ0n) is 13.5. The zero-order chi connectivity index (χ0) is 15.9. The second kappa shape index (κ2) is 8.10. The van der Waals surface area contributed by atoms with Crippen LogP contribution in [0, 0.1) is 12.7 Å². The van der Waals surface area contributed by atoms with Gasteiger partial charge in [0.1, 0.15) is 5.82 Å². The number of likely N-dealkylation sites (N-methyl/N-ethyl adjacent to an activating group) is 1. The SMILES string of the molecule is CN=C(NCc1ccc(C)c(F)c1)NCC1CN(C)CCO1. The quantitative estimate of drug-likeness (QED) is 0.647. The number of benzene rings is 1. The average Bonchev–Trinajstić information content (AvgIpc) is 2.51. The van der Waals surface area contributed by atoms with Crippen LogP contribution in [-0.2, 0) is 11.3 Å². The van der Waals surface area contributed by atoms with Gasteiger partial charge in [0, 0.05) is 33.2 Å². The fourth-order valence-electron chi connectivity index (χ4n) is 2.35. The number of rotatable bonds is 4. The third kappa shape index (κ3) is 4.96. The number of ether oxygens (including phenoxy) is 1. The number of nitrogens with one attached hydrogen (secondary N) is 2. The molecule has 6 heteroatoms. The summed E-state index contributed by atoms with van der Waals surface area (Å²) in [6.45, 7) is 5.63. The molecule has 0 amide bonds. The summed E-state index contributed by atoms with van der Waals surface area (Å²) in [5, 5.41) is 6.44. The van der Waals surface area contributed by atoms with Gasteiger partial charge in [-0.15, -0.1) is 0 Å². The van der Waals surface area contributed by atoms with Crippen molar-refractivity contribution in [2.75, 3.05) is 40.3 Å². The van der Waals surface area contributed by atoms with Crippen molar-refractivity contribution in [3.63, 3.8) is 0 Å². The van der Waals surface area contributed by atoms with Crippen molar-refractivity contribution in [2.45, 2.75) is 19.6 Å². The van der Waals surface area contributed by atoms with Crippen molar-refractivity contribution in [2.24, 2.45) is 4.99 Å². The summed E-state index contributed by atoms with van der Waals surface area (Å²) in [4.78, 5) is 6.43. The van der Waals surface area contributed by atoms with Crippen molar-refractivity contribution >= 4 is 5.96 Å². The Morgan fingerprint density at radius 2 is 2.27 bits per heavy atom. The van der Waals surface area contributed by atoms with Crippen LogP contribution in [0.25, 0.3) is 0 Å². The summed E-state index contributed by atoms with van der Waals surface area (Å²) in [7, 11) is 3.81. The Morgan fingerprint density at radius 3 is 2.95 bits per heavy atom. The topological polar surface area (TPSA) is 48.9 Å². The summed E-state index contributed by atoms with van der Waals surface area (Å²) in [6, 6.07) is 5.25. The van der Waals surface area contributed by atoms with Crippen molar-refractivity contribution in [3.05, 3.63) is 35.1 Å². The van der Waals surface area contributed by atoms with Crippen LogP contribution in [-0.4, -0.2) is 57.3 Å². The normalized spacial score (nSPS) is 20.0. The first-order valence-electron chi connectivity index (χ1n) is 7.58. The molecule has 2 N–H and O–H groups in total. The first kappa shape index (κ1) is 16.7. The van der Waals surface area contributed by atoms with Gasteiger partial charge in [0.15, 0.2) is 5.96 Å². The minimum atomic E-state index is -0.180. The monoisotopic (exact) mass is 308 g/mol. The number of aryl methyl sites for hydroxylation is 1. The van der Waals surface area contributed by atoms with E-state index >= 15 is 0 Å². The van der Waals surface area contributed by atoms with E-state index < -0.39 is 0 Å². The highest BCUT2D eigenvalue weighted by molar-refractivity contribution is 5.79. The fraction of sp³-hybridized carbons (Fsp3) is 0.562. The van der Waals surface area contributed by atoms with E-state index in [9.17, 15) is 4.39 Å². The van der Waals surface area contributed by atoms with Crippen LogP contribution in [0.5, 0.6) is 0 Å². The number of morpholine rings is 1. The molecule has 122 valence electrons. The molecule has 0 spiro atoms. The van der Waals surface area contributed by atoms with Gasteiger partial charge in [-0.2, -0.15) is 0 Å². The lowest BCUT2D eigenvalue weighted by Gasteiger charge is -2.30. The fourth-order valence-corrected chi connectivity index (χ4v) is 2.35. The molecule has 1 aromatic carbocycles. The Balaban J connectivity index is 1.78. The Kier molecular flexibility index (Phi) is 6.15. The minimum absolute atomic E-state index is 0.161. The predicted molar refractivity (Wildman–Crippen MR) is 86.6 cm³/mol. The van der Waals surface area contributed by atoms with E-state index in [1.54, 1.807) is 26.1 Å². The standard InChI is InChI=1S/C16H25FN4O/c1-12-4-5-13(8-15(12)17)9-19-16(18-2)20-10-14-11-21(3)6-7-22-14/h4-5,8,14H,6-7,9-11H2,1-3H3,(H2,18,19,20). The minimum Gasteiger partial charge on any atom is -0.374 e. The molecule has 2 rings (SSSR count). The third-order valence-corrected chi connectivity index (χ3v) is 3.76. The van der Waals surface area contributed by atoms with E-state index in [0.717, 1.165) is 25.3 Å². The summed E-state index contributed by atoms with van der Waals surface area (Å²) < 4.78 is 19.2. The molecule has 0 aromatic heterocycles. The lowest BCUT2D eigenvalue weighted by atomic mass is 10.1. The molecule has 0 aliphatic carbocycles. The molecule has 5 nitrogen and oxygen atoms in total. The van der Waals surface area contributed by atoms with E-state index in [4.69, 9.17) is 4.74 Å². The van der Waals surface area contributed by atoms with Gasteiger partial charge in [0.05, 0.1) is 12.7 Å². The van der Waals surface area contributed by atoms with Gasteiger partial charge in [-0.25, -0.2) is 4.39 Å². The van der Waals surface area contributed by atoms with Crippen molar-refractivity contribution < 1.29 is 9.13 Å². The summed E-state index contributed by atoms with van der Waals surface area (Å²) in [5.41, 5.74) is 1.55. The second-order valence-electron chi connectivity index (χ2n) is 5.65. The smallest absolute Gasteiger partial charge is 0.191 e. The van der Waals surface area contributed by atoms with Crippen LogP contribution >= 0.6 is 0 Å². The molecule has 0 bridgehead atoms. The van der Waals surface area contributed by atoms with Gasteiger partial charge in [-0.1, -0.05) is 12.1 Å². The molecule has 1 saturated heterocycles. The van der Waals surface area contributed by atoms with Crippen LogP contribution in [0.15, 0.2) is 23.2 Å². The molecule has 1 heterocycles. The molecular formula is C16H25FN4O. The maximum Gasteiger partial charge on any atom is 0.191 e. The number of hydrogen-bond donors (Lipinski definition) is 2. The number of nitrogens with zero attached hydrogens (tertiary/aromatic N) is 2. The maximum atomic E-state index is 13.5. The first-order valence-corrected chi connectivity index (χ1v) is 7.58. The van der Waals surface area contributed by atoms with Crippen LogP contribution in [0.1, 0.15) is 11.1 Å². The summed E-state index contributed by atoms with van der Waals surface area (Å²) in [6.07, 6.45) is 0.161. The number of aliphatic imine (C=N–C) groups is 1. The molecule has 22 heavy (non-hydrogen) atoms. The van der Waals surface area contributed by atoms with E-state index in [0.29, 0.717) is 24.6 Å². The molecule has 1 fully saturated rings. The number of hydrogen-bond acceptors (Lipinski definition) is 3. The molecule has 1 atom stereocenters.